The highest BCUT2D eigenvalue weighted by molar-refractivity contribution is 6.08. The number of hydrogen-bond donors (Lipinski definition) is 3. The summed E-state index contributed by atoms with van der Waals surface area (Å²) in [5.41, 5.74) is 5.89. The third-order valence-electron chi connectivity index (χ3n) is 7.28. The standard InChI is InChI=1S/C25H22N4O6/c1-34-16-4-2-13-11-29(20(30)17(13)10-16)12-25(22(32)27-23(33)28-25)19-9-14-8-15(3-5-18(14)35-19)24(6-7-24)21(26)31/h2-5,8-10H,6-7,11-12H2,1H3,(H2,26,31)(H2,27,28,32,33)/t25-/m0/s1. The molecule has 178 valence electrons. The van der Waals surface area contributed by atoms with Crippen molar-refractivity contribution >= 4 is 34.7 Å². The Labute approximate surface area is 199 Å². The van der Waals surface area contributed by atoms with Gasteiger partial charge in [-0.15, -0.1) is 0 Å². The quantitative estimate of drug-likeness (QED) is 0.464. The van der Waals surface area contributed by atoms with Crippen LogP contribution in [0.3, 0.4) is 0 Å². The number of urea groups is 1. The molecular formula is C25H22N4O6. The number of amides is 5. The normalized spacial score (nSPS) is 22.2. The van der Waals surface area contributed by atoms with Gasteiger partial charge in [-0.2, -0.15) is 0 Å². The van der Waals surface area contributed by atoms with Crippen molar-refractivity contribution < 1.29 is 28.3 Å². The number of primary amides is 1. The Morgan fingerprint density at radius 2 is 1.94 bits per heavy atom. The average molecular weight is 474 g/mol. The maximum atomic E-state index is 13.2. The molecule has 0 bridgehead atoms. The van der Waals surface area contributed by atoms with Crippen LogP contribution in [0.25, 0.3) is 11.0 Å². The highest BCUT2D eigenvalue weighted by Gasteiger charge is 2.53. The predicted octanol–water partition coefficient (Wildman–Crippen LogP) is 1.65. The molecule has 1 aliphatic carbocycles. The van der Waals surface area contributed by atoms with Crippen molar-refractivity contribution in [3.63, 3.8) is 0 Å². The van der Waals surface area contributed by atoms with Crippen molar-refractivity contribution in [2.75, 3.05) is 13.7 Å². The first kappa shape index (κ1) is 21.2. The van der Waals surface area contributed by atoms with E-state index in [4.69, 9.17) is 14.9 Å². The van der Waals surface area contributed by atoms with Crippen LogP contribution in [0.4, 0.5) is 4.79 Å². The Bertz CT molecular complexity index is 1460. The van der Waals surface area contributed by atoms with Crippen LogP contribution in [0, 0.1) is 0 Å². The molecule has 2 aliphatic heterocycles. The zero-order valence-electron chi connectivity index (χ0n) is 18.8. The Morgan fingerprint density at radius 3 is 2.60 bits per heavy atom. The van der Waals surface area contributed by atoms with Crippen LogP contribution in [-0.2, 0) is 27.1 Å². The van der Waals surface area contributed by atoms with E-state index in [0.29, 0.717) is 35.1 Å². The summed E-state index contributed by atoms with van der Waals surface area (Å²) in [4.78, 5) is 52.0. The van der Waals surface area contributed by atoms with Gasteiger partial charge >= 0.3 is 6.03 Å². The molecule has 2 aromatic carbocycles. The molecule has 1 saturated heterocycles. The van der Waals surface area contributed by atoms with Gasteiger partial charge in [-0.05, 0) is 54.3 Å². The lowest BCUT2D eigenvalue weighted by atomic mass is 9.93. The summed E-state index contributed by atoms with van der Waals surface area (Å²) < 4.78 is 11.3. The fraction of sp³-hybridized carbons (Fsp3) is 0.280. The molecule has 10 nitrogen and oxygen atoms in total. The van der Waals surface area contributed by atoms with Gasteiger partial charge in [0, 0.05) is 17.5 Å². The lowest BCUT2D eigenvalue weighted by Gasteiger charge is -2.29. The van der Waals surface area contributed by atoms with Gasteiger partial charge in [0.2, 0.25) is 5.91 Å². The molecule has 0 unspecified atom stereocenters. The molecular weight excluding hydrogens is 452 g/mol. The third-order valence-corrected chi connectivity index (χ3v) is 7.28. The molecule has 4 N–H and O–H groups in total. The molecule has 1 saturated carbocycles. The average Bonchev–Trinajstić information content (AvgIpc) is 3.34. The van der Waals surface area contributed by atoms with Crippen LogP contribution in [0.5, 0.6) is 5.75 Å². The van der Waals surface area contributed by atoms with Gasteiger partial charge in [-0.3, -0.25) is 19.7 Å². The number of fused-ring (bicyclic) bond motifs is 2. The molecule has 3 aliphatic rings. The Balaban J connectivity index is 1.38. The lowest BCUT2D eigenvalue weighted by molar-refractivity contribution is -0.125. The lowest BCUT2D eigenvalue weighted by Crippen LogP contribution is -2.52. The van der Waals surface area contributed by atoms with E-state index >= 15 is 0 Å². The van der Waals surface area contributed by atoms with E-state index in [-0.39, 0.29) is 30.7 Å². The largest absolute Gasteiger partial charge is 0.497 e. The monoisotopic (exact) mass is 474 g/mol. The van der Waals surface area contributed by atoms with Crippen molar-refractivity contribution in [3.8, 4) is 5.75 Å². The topological polar surface area (TPSA) is 144 Å². The van der Waals surface area contributed by atoms with Crippen LogP contribution in [0.1, 0.15) is 40.1 Å². The van der Waals surface area contributed by atoms with Crippen molar-refractivity contribution in [2.45, 2.75) is 30.3 Å². The summed E-state index contributed by atoms with van der Waals surface area (Å²) in [5.74, 6) is -0.513. The number of nitrogens with one attached hydrogen (secondary N) is 2. The number of methoxy groups -OCH3 is 1. The summed E-state index contributed by atoms with van der Waals surface area (Å²) in [6.45, 7) is 0.146. The van der Waals surface area contributed by atoms with E-state index < -0.39 is 22.9 Å². The minimum absolute atomic E-state index is 0.127. The van der Waals surface area contributed by atoms with Gasteiger partial charge in [0.15, 0.2) is 5.54 Å². The fourth-order valence-corrected chi connectivity index (χ4v) is 5.09. The summed E-state index contributed by atoms with van der Waals surface area (Å²) in [6, 6.07) is 11.6. The Hall–Kier alpha value is -4.34. The van der Waals surface area contributed by atoms with Crippen molar-refractivity contribution in [1.29, 1.82) is 0 Å². The maximum Gasteiger partial charge on any atom is 0.322 e. The number of hydrogen-bond acceptors (Lipinski definition) is 6. The van der Waals surface area contributed by atoms with E-state index in [0.717, 1.165) is 11.1 Å². The second kappa shape index (κ2) is 7.08. The number of ether oxygens (including phenoxy) is 1. The van der Waals surface area contributed by atoms with E-state index in [9.17, 15) is 19.2 Å². The van der Waals surface area contributed by atoms with Crippen molar-refractivity contribution in [2.24, 2.45) is 5.73 Å². The molecule has 1 atom stereocenters. The number of rotatable bonds is 6. The first-order chi connectivity index (χ1) is 16.8. The predicted molar refractivity (Wildman–Crippen MR) is 122 cm³/mol. The van der Waals surface area contributed by atoms with E-state index in [1.807, 2.05) is 6.07 Å². The molecule has 10 heteroatoms. The number of nitrogens with zero attached hydrogens (tertiary/aromatic N) is 1. The Kier molecular flexibility index (Phi) is 4.29. The zero-order chi connectivity index (χ0) is 24.5. The van der Waals surface area contributed by atoms with E-state index in [1.165, 1.54) is 12.0 Å². The number of imide groups is 1. The summed E-state index contributed by atoms with van der Waals surface area (Å²) in [5, 5.41) is 5.62. The second-order valence-corrected chi connectivity index (χ2v) is 9.31. The fourth-order valence-electron chi connectivity index (χ4n) is 5.09. The van der Waals surface area contributed by atoms with E-state index in [2.05, 4.69) is 10.6 Å². The number of benzene rings is 2. The molecule has 35 heavy (non-hydrogen) atoms. The second-order valence-electron chi connectivity index (χ2n) is 9.31. The zero-order valence-corrected chi connectivity index (χ0v) is 18.8. The number of nitrogens with two attached hydrogens (primary N) is 1. The van der Waals surface area contributed by atoms with Crippen LogP contribution in [-0.4, -0.2) is 42.3 Å². The third kappa shape index (κ3) is 3.02. The summed E-state index contributed by atoms with van der Waals surface area (Å²) >= 11 is 0. The minimum Gasteiger partial charge on any atom is -0.497 e. The van der Waals surface area contributed by atoms with Gasteiger partial charge in [0.1, 0.15) is 17.1 Å². The molecule has 0 spiro atoms. The van der Waals surface area contributed by atoms with Gasteiger partial charge in [0.05, 0.1) is 19.1 Å². The first-order valence-corrected chi connectivity index (χ1v) is 11.2. The molecule has 1 aromatic heterocycles. The molecule has 0 radical (unpaired) electrons. The molecule has 3 heterocycles. The number of furan rings is 1. The van der Waals surface area contributed by atoms with Crippen LogP contribution >= 0.6 is 0 Å². The molecule has 3 aromatic rings. The minimum atomic E-state index is -1.61. The molecule has 5 amide bonds. The van der Waals surface area contributed by atoms with Crippen molar-refractivity contribution in [3.05, 3.63) is 64.9 Å². The van der Waals surface area contributed by atoms with Gasteiger partial charge in [0.25, 0.3) is 11.8 Å². The summed E-state index contributed by atoms with van der Waals surface area (Å²) in [6.07, 6.45) is 1.37. The smallest absolute Gasteiger partial charge is 0.322 e. The van der Waals surface area contributed by atoms with Crippen molar-refractivity contribution in [1.82, 2.24) is 15.5 Å². The van der Waals surface area contributed by atoms with Gasteiger partial charge in [-0.1, -0.05) is 12.1 Å². The van der Waals surface area contributed by atoms with Gasteiger partial charge in [-0.25, -0.2) is 4.79 Å². The number of carbonyl (C=O) groups excluding carboxylic acids is 4. The van der Waals surface area contributed by atoms with E-state index in [1.54, 1.807) is 36.4 Å². The highest BCUT2D eigenvalue weighted by Crippen LogP contribution is 2.48. The SMILES string of the molecule is COc1ccc2c(c1)C(=O)N(C[C@@]1(c3cc4cc(C5(C(N)=O)CC5)ccc4o3)NC(=O)NC1=O)C2. The first-order valence-electron chi connectivity index (χ1n) is 11.2. The van der Waals surface area contributed by atoms with Gasteiger partial charge < -0.3 is 25.1 Å². The summed E-state index contributed by atoms with van der Waals surface area (Å²) in [7, 11) is 1.52. The molecule has 6 rings (SSSR count). The highest BCUT2D eigenvalue weighted by atomic mass is 16.5. The number of carbonyl (C=O) groups is 4. The maximum absolute atomic E-state index is 13.2. The van der Waals surface area contributed by atoms with Crippen LogP contribution in [0.15, 0.2) is 46.9 Å². The van der Waals surface area contributed by atoms with Crippen LogP contribution in [0.2, 0.25) is 0 Å². The van der Waals surface area contributed by atoms with Crippen LogP contribution < -0.4 is 21.1 Å². The Morgan fingerprint density at radius 1 is 1.14 bits per heavy atom. The molecule has 2 fully saturated rings.